The lowest BCUT2D eigenvalue weighted by molar-refractivity contribution is -0.124. The lowest BCUT2D eigenvalue weighted by Gasteiger charge is -2.21. The van der Waals surface area contributed by atoms with Gasteiger partial charge in [0.05, 0.1) is 12.0 Å². The Bertz CT molecular complexity index is 627. The molecule has 1 aliphatic rings. The molecule has 1 fully saturated rings. The van der Waals surface area contributed by atoms with E-state index in [1.165, 1.54) is 12.1 Å². The molecular formula is C18H20ClFN2O. The smallest absolute Gasteiger partial charge is 0.225 e. The summed E-state index contributed by atoms with van der Waals surface area (Å²) in [4.78, 5) is 12.4. The van der Waals surface area contributed by atoms with Crippen LogP contribution < -0.4 is 10.6 Å². The molecule has 0 spiro atoms. The number of hydrogen-bond donors (Lipinski definition) is 2. The molecule has 0 radical (unpaired) electrons. The fraction of sp³-hybridized carbons (Fsp3) is 0.278. The Morgan fingerprint density at radius 3 is 2.35 bits per heavy atom. The summed E-state index contributed by atoms with van der Waals surface area (Å²) >= 11 is 0. The van der Waals surface area contributed by atoms with Crippen LogP contribution in [0.4, 0.5) is 4.39 Å². The summed E-state index contributed by atoms with van der Waals surface area (Å²) in [5.41, 5.74) is 1.88. The molecule has 1 heterocycles. The summed E-state index contributed by atoms with van der Waals surface area (Å²) in [6.07, 6.45) is 0.858. The third-order valence-electron chi connectivity index (χ3n) is 4.05. The van der Waals surface area contributed by atoms with E-state index in [0.717, 1.165) is 30.6 Å². The zero-order chi connectivity index (χ0) is 15.4. The second-order valence-corrected chi connectivity index (χ2v) is 5.59. The zero-order valence-corrected chi connectivity index (χ0v) is 13.5. The molecule has 0 aliphatic carbocycles. The van der Waals surface area contributed by atoms with Gasteiger partial charge in [0, 0.05) is 6.54 Å². The molecule has 2 aromatic rings. The Morgan fingerprint density at radius 1 is 1.09 bits per heavy atom. The molecule has 0 bridgehead atoms. The molecule has 5 heteroatoms. The first kappa shape index (κ1) is 17.4. The average molecular weight is 335 g/mol. The molecule has 1 amide bonds. The van der Waals surface area contributed by atoms with Crippen molar-refractivity contribution >= 4 is 18.3 Å². The maximum Gasteiger partial charge on any atom is 0.225 e. The van der Waals surface area contributed by atoms with Gasteiger partial charge in [-0.1, -0.05) is 42.5 Å². The van der Waals surface area contributed by atoms with Crippen molar-refractivity contribution < 1.29 is 9.18 Å². The van der Waals surface area contributed by atoms with Crippen molar-refractivity contribution in [3.63, 3.8) is 0 Å². The second-order valence-electron chi connectivity index (χ2n) is 5.59. The van der Waals surface area contributed by atoms with Crippen LogP contribution in [0.5, 0.6) is 0 Å². The molecule has 0 saturated carbocycles. The average Bonchev–Trinajstić information content (AvgIpc) is 3.09. The first-order valence-corrected chi connectivity index (χ1v) is 7.55. The predicted octanol–water partition coefficient (Wildman–Crippen LogP) is 3.06. The van der Waals surface area contributed by atoms with Crippen LogP contribution in [0.15, 0.2) is 54.6 Å². The molecule has 23 heavy (non-hydrogen) atoms. The van der Waals surface area contributed by atoms with Gasteiger partial charge >= 0.3 is 0 Å². The van der Waals surface area contributed by atoms with Crippen LogP contribution in [0.3, 0.4) is 0 Å². The number of halogens is 2. The van der Waals surface area contributed by atoms with Crippen LogP contribution in [0.2, 0.25) is 0 Å². The SMILES string of the molecule is Cl.O=C(NC(c1ccccc1)c1ccc(F)cc1)C1CCNC1. The number of amides is 1. The predicted molar refractivity (Wildman–Crippen MR) is 91.1 cm³/mol. The van der Waals surface area contributed by atoms with Crippen LogP contribution in [-0.4, -0.2) is 19.0 Å². The summed E-state index contributed by atoms with van der Waals surface area (Å²) in [6, 6.07) is 15.8. The van der Waals surface area contributed by atoms with Gasteiger partial charge in [-0.05, 0) is 36.2 Å². The van der Waals surface area contributed by atoms with Crippen molar-refractivity contribution in [2.24, 2.45) is 5.92 Å². The minimum absolute atomic E-state index is 0. The van der Waals surface area contributed by atoms with E-state index in [2.05, 4.69) is 10.6 Å². The Kier molecular flexibility index (Phi) is 6.13. The van der Waals surface area contributed by atoms with Gasteiger partial charge < -0.3 is 10.6 Å². The van der Waals surface area contributed by atoms with Crippen LogP contribution in [0.1, 0.15) is 23.6 Å². The fourth-order valence-electron chi connectivity index (χ4n) is 2.80. The normalized spacial score (nSPS) is 18.0. The van der Waals surface area contributed by atoms with Gasteiger partial charge in [-0.15, -0.1) is 12.4 Å². The number of nitrogens with one attached hydrogen (secondary N) is 2. The highest BCUT2D eigenvalue weighted by Crippen LogP contribution is 2.23. The van der Waals surface area contributed by atoms with Gasteiger partial charge in [-0.25, -0.2) is 4.39 Å². The quantitative estimate of drug-likeness (QED) is 0.902. The topological polar surface area (TPSA) is 41.1 Å². The van der Waals surface area contributed by atoms with Crippen molar-refractivity contribution in [1.29, 1.82) is 0 Å². The summed E-state index contributed by atoms with van der Waals surface area (Å²) < 4.78 is 13.2. The molecule has 3 rings (SSSR count). The molecule has 122 valence electrons. The van der Waals surface area contributed by atoms with E-state index < -0.39 is 0 Å². The standard InChI is InChI=1S/C18H19FN2O.ClH/c19-16-8-6-14(7-9-16)17(13-4-2-1-3-5-13)21-18(22)15-10-11-20-12-15;/h1-9,15,17,20H,10-12H2,(H,21,22);1H. The monoisotopic (exact) mass is 334 g/mol. The Balaban J connectivity index is 0.00000192. The molecule has 2 unspecified atom stereocenters. The van der Waals surface area contributed by atoms with Crippen molar-refractivity contribution in [2.45, 2.75) is 12.5 Å². The summed E-state index contributed by atoms with van der Waals surface area (Å²) in [7, 11) is 0. The van der Waals surface area contributed by atoms with Gasteiger partial charge in [0.15, 0.2) is 0 Å². The molecule has 2 aromatic carbocycles. The number of carbonyl (C=O) groups is 1. The molecule has 2 atom stereocenters. The van der Waals surface area contributed by atoms with E-state index in [9.17, 15) is 9.18 Å². The van der Waals surface area contributed by atoms with Crippen LogP contribution >= 0.6 is 12.4 Å². The lowest BCUT2D eigenvalue weighted by atomic mass is 9.97. The van der Waals surface area contributed by atoms with Crippen molar-refractivity contribution in [3.8, 4) is 0 Å². The van der Waals surface area contributed by atoms with E-state index in [1.807, 2.05) is 30.3 Å². The van der Waals surface area contributed by atoms with Gasteiger partial charge in [0.25, 0.3) is 0 Å². The van der Waals surface area contributed by atoms with E-state index in [1.54, 1.807) is 12.1 Å². The van der Waals surface area contributed by atoms with E-state index in [0.29, 0.717) is 0 Å². The van der Waals surface area contributed by atoms with Gasteiger partial charge in [-0.2, -0.15) is 0 Å². The van der Waals surface area contributed by atoms with Crippen LogP contribution in [-0.2, 0) is 4.79 Å². The maximum atomic E-state index is 13.2. The zero-order valence-electron chi connectivity index (χ0n) is 12.7. The second kappa shape index (κ2) is 8.09. The number of carbonyl (C=O) groups excluding carboxylic acids is 1. The summed E-state index contributed by atoms with van der Waals surface area (Å²) in [6.45, 7) is 1.60. The first-order chi connectivity index (χ1) is 10.7. The number of benzene rings is 2. The van der Waals surface area contributed by atoms with Crippen molar-refractivity contribution in [3.05, 3.63) is 71.5 Å². The Morgan fingerprint density at radius 2 is 1.74 bits per heavy atom. The molecular weight excluding hydrogens is 315 g/mol. The van der Waals surface area contributed by atoms with E-state index in [4.69, 9.17) is 0 Å². The molecule has 3 nitrogen and oxygen atoms in total. The molecule has 2 N–H and O–H groups in total. The third-order valence-corrected chi connectivity index (χ3v) is 4.05. The highest BCUT2D eigenvalue weighted by Gasteiger charge is 2.25. The lowest BCUT2D eigenvalue weighted by Crippen LogP contribution is -2.35. The molecule has 0 aromatic heterocycles. The summed E-state index contributed by atoms with van der Waals surface area (Å²) in [5, 5.41) is 6.31. The van der Waals surface area contributed by atoms with E-state index >= 15 is 0 Å². The number of hydrogen-bond acceptors (Lipinski definition) is 2. The molecule has 1 saturated heterocycles. The van der Waals surface area contributed by atoms with Crippen LogP contribution in [0.25, 0.3) is 0 Å². The first-order valence-electron chi connectivity index (χ1n) is 7.55. The third kappa shape index (κ3) is 4.30. The van der Waals surface area contributed by atoms with Gasteiger partial charge in [-0.3, -0.25) is 4.79 Å². The summed E-state index contributed by atoms with van der Waals surface area (Å²) in [5.74, 6) is -0.225. The van der Waals surface area contributed by atoms with Crippen molar-refractivity contribution in [2.75, 3.05) is 13.1 Å². The van der Waals surface area contributed by atoms with Crippen LogP contribution in [0, 0.1) is 11.7 Å². The molecule has 1 aliphatic heterocycles. The minimum Gasteiger partial charge on any atom is -0.345 e. The Labute approximate surface area is 141 Å². The minimum atomic E-state index is -0.276. The van der Waals surface area contributed by atoms with Crippen molar-refractivity contribution in [1.82, 2.24) is 10.6 Å². The highest BCUT2D eigenvalue weighted by atomic mass is 35.5. The Hall–Kier alpha value is -1.91. The maximum absolute atomic E-state index is 13.2. The van der Waals surface area contributed by atoms with Gasteiger partial charge in [0.2, 0.25) is 5.91 Å². The largest absolute Gasteiger partial charge is 0.345 e. The van der Waals surface area contributed by atoms with E-state index in [-0.39, 0.29) is 36.1 Å². The van der Waals surface area contributed by atoms with Gasteiger partial charge in [0.1, 0.15) is 5.82 Å². The number of rotatable bonds is 4. The fourth-order valence-corrected chi connectivity index (χ4v) is 2.80. The highest BCUT2D eigenvalue weighted by molar-refractivity contribution is 5.85.